The standard InChI is InChI=1S/C8H16O2/c1-5-10-7(9)6-8(2,3)4/h5-6H2,1-4H3. The molecule has 0 aromatic carbocycles. The molecule has 0 atom stereocenters. The highest BCUT2D eigenvalue weighted by Crippen LogP contribution is 2.18. The number of hydrogen-bond donors (Lipinski definition) is 0. The first kappa shape index (κ1) is 9.47. The summed E-state index contributed by atoms with van der Waals surface area (Å²) in [6.07, 6.45) is 0.501. The molecule has 0 heterocycles. The normalized spacial score (nSPS) is 11.2. The molecule has 0 aromatic heterocycles. The monoisotopic (exact) mass is 144 g/mol. The Hall–Kier alpha value is -0.530. The van der Waals surface area contributed by atoms with Crippen LogP contribution in [0.3, 0.4) is 0 Å². The molecule has 2 heteroatoms. The van der Waals surface area contributed by atoms with Gasteiger partial charge in [0.1, 0.15) is 0 Å². The van der Waals surface area contributed by atoms with E-state index >= 15 is 0 Å². The van der Waals surface area contributed by atoms with Gasteiger partial charge >= 0.3 is 5.97 Å². The Kier molecular flexibility index (Phi) is 3.40. The molecule has 10 heavy (non-hydrogen) atoms. The van der Waals surface area contributed by atoms with Crippen LogP contribution in [0.15, 0.2) is 0 Å². The van der Waals surface area contributed by atoms with Crippen molar-refractivity contribution in [3.63, 3.8) is 0 Å². The zero-order chi connectivity index (χ0) is 8.20. The SMILES string of the molecule is CCOC(=O)CC(C)(C)C. The zero-order valence-corrected chi connectivity index (χ0v) is 7.23. The lowest BCUT2D eigenvalue weighted by molar-refractivity contribution is -0.145. The van der Waals surface area contributed by atoms with Gasteiger partial charge in [-0.2, -0.15) is 0 Å². The molecule has 0 aliphatic heterocycles. The molecule has 0 bridgehead atoms. The highest BCUT2D eigenvalue weighted by Gasteiger charge is 2.15. The van der Waals surface area contributed by atoms with Crippen molar-refractivity contribution in [2.45, 2.75) is 34.1 Å². The van der Waals surface area contributed by atoms with Gasteiger partial charge in [0, 0.05) is 0 Å². The maximum atomic E-state index is 10.8. The molecule has 0 amide bonds. The van der Waals surface area contributed by atoms with Crippen molar-refractivity contribution in [3.8, 4) is 0 Å². The Balaban J connectivity index is 3.58. The number of carbonyl (C=O) groups is 1. The number of esters is 1. The average molecular weight is 144 g/mol. The van der Waals surface area contributed by atoms with E-state index in [0.29, 0.717) is 13.0 Å². The van der Waals surface area contributed by atoms with Gasteiger partial charge in [-0.3, -0.25) is 4.79 Å². The highest BCUT2D eigenvalue weighted by atomic mass is 16.5. The van der Waals surface area contributed by atoms with E-state index in [2.05, 4.69) is 0 Å². The minimum atomic E-state index is -0.102. The van der Waals surface area contributed by atoms with E-state index in [0.717, 1.165) is 0 Å². The molecular formula is C8H16O2. The van der Waals surface area contributed by atoms with Gasteiger partial charge in [-0.25, -0.2) is 0 Å². The van der Waals surface area contributed by atoms with Gasteiger partial charge in [0.05, 0.1) is 13.0 Å². The first-order chi connectivity index (χ1) is 4.45. The van der Waals surface area contributed by atoms with Crippen LogP contribution in [0.2, 0.25) is 0 Å². The fourth-order valence-corrected chi connectivity index (χ4v) is 0.645. The molecule has 2 nitrogen and oxygen atoms in total. The third kappa shape index (κ3) is 5.60. The second kappa shape index (κ2) is 3.59. The molecule has 0 aliphatic carbocycles. The van der Waals surface area contributed by atoms with Gasteiger partial charge in [-0.1, -0.05) is 20.8 Å². The van der Waals surface area contributed by atoms with Crippen LogP contribution in [-0.4, -0.2) is 12.6 Å². The van der Waals surface area contributed by atoms with Crippen LogP contribution >= 0.6 is 0 Å². The van der Waals surface area contributed by atoms with Gasteiger partial charge in [-0.15, -0.1) is 0 Å². The first-order valence-electron chi connectivity index (χ1n) is 3.61. The molecule has 60 valence electrons. The zero-order valence-electron chi connectivity index (χ0n) is 7.23. The summed E-state index contributed by atoms with van der Waals surface area (Å²) in [5.74, 6) is -0.102. The maximum Gasteiger partial charge on any atom is 0.306 e. The largest absolute Gasteiger partial charge is 0.466 e. The van der Waals surface area contributed by atoms with Crippen LogP contribution in [0.1, 0.15) is 34.1 Å². The molecule has 0 spiro atoms. The number of rotatable bonds is 2. The highest BCUT2D eigenvalue weighted by molar-refractivity contribution is 5.70. The summed E-state index contributed by atoms with van der Waals surface area (Å²) in [6, 6.07) is 0. The molecular weight excluding hydrogens is 128 g/mol. The van der Waals surface area contributed by atoms with Gasteiger partial charge in [0.2, 0.25) is 0 Å². The minimum absolute atomic E-state index is 0.0479. The van der Waals surface area contributed by atoms with Crippen LogP contribution in [0.4, 0.5) is 0 Å². The van der Waals surface area contributed by atoms with Crippen LogP contribution in [0.25, 0.3) is 0 Å². The fourth-order valence-electron chi connectivity index (χ4n) is 0.645. The number of hydrogen-bond acceptors (Lipinski definition) is 2. The minimum Gasteiger partial charge on any atom is -0.466 e. The van der Waals surface area contributed by atoms with Crippen molar-refractivity contribution in [1.82, 2.24) is 0 Å². The average Bonchev–Trinajstić information content (AvgIpc) is 1.59. The molecule has 0 rings (SSSR count). The summed E-state index contributed by atoms with van der Waals surface area (Å²) in [7, 11) is 0. The lowest BCUT2D eigenvalue weighted by Crippen LogP contribution is -2.15. The summed E-state index contributed by atoms with van der Waals surface area (Å²) < 4.78 is 4.78. The predicted molar refractivity (Wildman–Crippen MR) is 40.7 cm³/mol. The van der Waals surface area contributed by atoms with Crippen LogP contribution in [-0.2, 0) is 9.53 Å². The smallest absolute Gasteiger partial charge is 0.306 e. The summed E-state index contributed by atoms with van der Waals surface area (Å²) in [4.78, 5) is 10.8. The van der Waals surface area contributed by atoms with Crippen LogP contribution in [0.5, 0.6) is 0 Å². The quantitative estimate of drug-likeness (QED) is 0.554. The molecule has 0 N–H and O–H groups in total. The van der Waals surface area contributed by atoms with Crippen molar-refractivity contribution in [2.24, 2.45) is 5.41 Å². The van der Waals surface area contributed by atoms with E-state index in [-0.39, 0.29) is 11.4 Å². The van der Waals surface area contributed by atoms with Crippen LogP contribution in [0, 0.1) is 5.41 Å². The number of carbonyl (C=O) groups excluding carboxylic acids is 1. The summed E-state index contributed by atoms with van der Waals surface area (Å²) >= 11 is 0. The van der Waals surface area contributed by atoms with Gasteiger partial charge in [0.15, 0.2) is 0 Å². The van der Waals surface area contributed by atoms with E-state index in [1.807, 2.05) is 27.7 Å². The lowest BCUT2D eigenvalue weighted by atomic mass is 9.93. The second-order valence-electron chi connectivity index (χ2n) is 3.54. The second-order valence-corrected chi connectivity index (χ2v) is 3.54. The molecule has 0 saturated carbocycles. The van der Waals surface area contributed by atoms with Crippen molar-refractivity contribution in [2.75, 3.05) is 6.61 Å². The van der Waals surface area contributed by atoms with Crippen molar-refractivity contribution < 1.29 is 9.53 Å². The topological polar surface area (TPSA) is 26.3 Å². The molecule has 0 fully saturated rings. The Labute approximate surface area is 62.6 Å². The van der Waals surface area contributed by atoms with Crippen molar-refractivity contribution in [3.05, 3.63) is 0 Å². The third-order valence-corrected chi connectivity index (χ3v) is 0.980. The van der Waals surface area contributed by atoms with Gasteiger partial charge < -0.3 is 4.74 Å². The van der Waals surface area contributed by atoms with Gasteiger partial charge in [-0.05, 0) is 12.3 Å². The van der Waals surface area contributed by atoms with E-state index in [1.165, 1.54) is 0 Å². The molecule has 0 aromatic rings. The Morgan fingerprint density at radius 3 is 2.20 bits per heavy atom. The predicted octanol–water partition coefficient (Wildman–Crippen LogP) is 1.99. The lowest BCUT2D eigenvalue weighted by Gasteiger charge is -2.15. The Morgan fingerprint density at radius 2 is 1.90 bits per heavy atom. The third-order valence-electron chi connectivity index (χ3n) is 0.980. The Bertz CT molecular complexity index is 111. The van der Waals surface area contributed by atoms with E-state index in [9.17, 15) is 4.79 Å². The van der Waals surface area contributed by atoms with Gasteiger partial charge in [0.25, 0.3) is 0 Å². The summed E-state index contributed by atoms with van der Waals surface area (Å²) in [6.45, 7) is 8.35. The van der Waals surface area contributed by atoms with Crippen molar-refractivity contribution >= 4 is 5.97 Å². The summed E-state index contributed by atoms with van der Waals surface area (Å²) in [5.41, 5.74) is 0.0479. The molecule has 0 unspecified atom stereocenters. The first-order valence-corrected chi connectivity index (χ1v) is 3.61. The summed E-state index contributed by atoms with van der Waals surface area (Å²) in [5, 5.41) is 0. The van der Waals surface area contributed by atoms with Crippen LogP contribution < -0.4 is 0 Å². The molecule has 0 saturated heterocycles. The van der Waals surface area contributed by atoms with E-state index in [4.69, 9.17) is 4.74 Å². The molecule has 0 aliphatic rings. The maximum absolute atomic E-state index is 10.8. The molecule has 0 radical (unpaired) electrons. The van der Waals surface area contributed by atoms with E-state index < -0.39 is 0 Å². The number of ether oxygens (including phenoxy) is 1. The fraction of sp³-hybridized carbons (Fsp3) is 0.875. The Morgan fingerprint density at radius 1 is 1.40 bits per heavy atom. The van der Waals surface area contributed by atoms with Crippen molar-refractivity contribution in [1.29, 1.82) is 0 Å². The van der Waals surface area contributed by atoms with E-state index in [1.54, 1.807) is 0 Å².